The predicted molar refractivity (Wildman–Crippen MR) is 82.8 cm³/mol. The lowest BCUT2D eigenvalue weighted by Crippen LogP contribution is -2.00. The number of thiazole rings is 1. The Kier molecular flexibility index (Phi) is 5.01. The number of halogens is 2. The van der Waals surface area contributed by atoms with E-state index >= 15 is 0 Å². The van der Waals surface area contributed by atoms with Crippen molar-refractivity contribution in [2.75, 3.05) is 6.61 Å². The summed E-state index contributed by atoms with van der Waals surface area (Å²) in [5.41, 5.74) is 1.28. The lowest BCUT2D eigenvalue weighted by atomic mass is 10.2. The van der Waals surface area contributed by atoms with Crippen LogP contribution < -0.4 is 4.74 Å². The van der Waals surface area contributed by atoms with Gasteiger partial charge in [0.15, 0.2) is 0 Å². The first-order valence-corrected chi connectivity index (χ1v) is 7.84. The molecule has 0 amide bonds. The summed E-state index contributed by atoms with van der Waals surface area (Å²) in [7, 11) is 0. The van der Waals surface area contributed by atoms with Crippen LogP contribution in [0.25, 0.3) is 10.6 Å². The molecule has 0 bridgehead atoms. The molecule has 0 fully saturated rings. The van der Waals surface area contributed by atoms with Gasteiger partial charge in [-0.15, -0.1) is 11.3 Å². The van der Waals surface area contributed by atoms with E-state index in [2.05, 4.69) is 20.9 Å². The lowest BCUT2D eigenvalue weighted by Gasteiger charge is -2.11. The third kappa shape index (κ3) is 3.50. The van der Waals surface area contributed by atoms with Crippen molar-refractivity contribution in [3.05, 3.63) is 32.7 Å². The molecule has 1 N–H and O–H groups in total. The monoisotopic (exact) mass is 375 g/mol. The van der Waals surface area contributed by atoms with Crippen LogP contribution in [0, 0.1) is 0 Å². The predicted octanol–water partition coefficient (Wildman–Crippen LogP) is 4.25. The van der Waals surface area contributed by atoms with Crippen LogP contribution in [-0.2, 0) is 11.2 Å². The van der Waals surface area contributed by atoms with E-state index in [-0.39, 0.29) is 6.42 Å². The van der Waals surface area contributed by atoms with Crippen molar-refractivity contribution < 1.29 is 14.6 Å². The normalized spacial score (nSPS) is 10.6. The molecule has 2 aromatic rings. The fraction of sp³-hybridized carbons (Fsp3) is 0.231. The zero-order valence-corrected chi connectivity index (χ0v) is 13.7. The molecule has 2 rings (SSSR count). The van der Waals surface area contributed by atoms with E-state index in [9.17, 15) is 4.79 Å². The Bertz CT molecular complexity index is 645. The molecule has 0 aliphatic rings. The van der Waals surface area contributed by atoms with Crippen LogP contribution in [0.2, 0.25) is 5.02 Å². The third-order valence-electron chi connectivity index (χ3n) is 2.41. The van der Waals surface area contributed by atoms with Crippen molar-refractivity contribution in [2.45, 2.75) is 13.3 Å². The summed E-state index contributed by atoms with van der Waals surface area (Å²) in [5.74, 6) is -0.243. The first-order chi connectivity index (χ1) is 9.51. The molecular formula is C13H11BrClNO3S. The van der Waals surface area contributed by atoms with E-state index in [4.69, 9.17) is 21.4 Å². The zero-order valence-electron chi connectivity index (χ0n) is 10.5. The van der Waals surface area contributed by atoms with E-state index < -0.39 is 5.97 Å². The molecule has 0 radical (unpaired) electrons. The van der Waals surface area contributed by atoms with Gasteiger partial charge in [-0.3, -0.25) is 4.79 Å². The van der Waals surface area contributed by atoms with E-state index in [1.807, 2.05) is 6.92 Å². The molecule has 1 heterocycles. The number of carboxylic acids is 1. The van der Waals surface area contributed by atoms with Crippen LogP contribution in [0.4, 0.5) is 0 Å². The van der Waals surface area contributed by atoms with Crippen LogP contribution in [-0.4, -0.2) is 22.7 Å². The molecule has 0 aliphatic heterocycles. The molecule has 0 atom stereocenters. The smallest absolute Gasteiger partial charge is 0.309 e. The van der Waals surface area contributed by atoms with Gasteiger partial charge >= 0.3 is 5.97 Å². The summed E-state index contributed by atoms with van der Waals surface area (Å²) in [5, 5.41) is 11.8. The molecule has 106 valence electrons. The van der Waals surface area contributed by atoms with Crippen LogP contribution in [0.5, 0.6) is 5.75 Å². The summed E-state index contributed by atoms with van der Waals surface area (Å²) in [6.45, 7) is 2.41. The second-order valence-electron chi connectivity index (χ2n) is 3.91. The van der Waals surface area contributed by atoms with Crippen LogP contribution in [0.1, 0.15) is 12.6 Å². The van der Waals surface area contributed by atoms with Crippen molar-refractivity contribution in [2.24, 2.45) is 0 Å². The van der Waals surface area contributed by atoms with Gasteiger partial charge < -0.3 is 9.84 Å². The Balaban J connectivity index is 2.45. The number of ether oxygens (including phenoxy) is 1. The second-order valence-corrected chi connectivity index (χ2v) is 6.06. The molecular weight excluding hydrogens is 366 g/mol. The SMILES string of the molecule is CCOc1c(Br)cc(Cl)cc1-c1nc(CC(=O)O)cs1. The average Bonchev–Trinajstić information content (AvgIpc) is 2.79. The Morgan fingerprint density at radius 1 is 1.55 bits per heavy atom. The first kappa shape index (κ1) is 15.3. The van der Waals surface area contributed by atoms with Gasteiger partial charge in [0.2, 0.25) is 0 Å². The van der Waals surface area contributed by atoms with E-state index in [1.54, 1.807) is 17.5 Å². The number of aliphatic carboxylic acids is 1. The number of benzene rings is 1. The van der Waals surface area contributed by atoms with Gasteiger partial charge in [-0.05, 0) is 35.0 Å². The molecule has 0 unspecified atom stereocenters. The van der Waals surface area contributed by atoms with Gasteiger partial charge in [0.05, 0.1) is 28.8 Å². The molecule has 0 spiro atoms. The lowest BCUT2D eigenvalue weighted by molar-refractivity contribution is -0.136. The fourth-order valence-corrected chi connectivity index (χ4v) is 3.43. The summed E-state index contributed by atoms with van der Waals surface area (Å²) >= 11 is 10.8. The maximum Gasteiger partial charge on any atom is 0.309 e. The number of rotatable bonds is 5. The van der Waals surface area contributed by atoms with E-state index in [1.165, 1.54) is 11.3 Å². The zero-order chi connectivity index (χ0) is 14.7. The summed E-state index contributed by atoms with van der Waals surface area (Å²) < 4.78 is 6.36. The molecule has 1 aromatic heterocycles. The fourth-order valence-electron chi connectivity index (χ4n) is 1.68. The topological polar surface area (TPSA) is 59.4 Å². The van der Waals surface area contributed by atoms with Gasteiger partial charge in [-0.25, -0.2) is 4.98 Å². The molecule has 4 nitrogen and oxygen atoms in total. The Hall–Kier alpha value is -1.11. The maximum atomic E-state index is 10.7. The van der Waals surface area contributed by atoms with Crippen LogP contribution in [0.15, 0.2) is 22.0 Å². The molecule has 0 saturated heterocycles. The summed E-state index contributed by atoms with van der Waals surface area (Å²) in [4.78, 5) is 15.0. The van der Waals surface area contributed by atoms with Gasteiger partial charge in [-0.1, -0.05) is 11.6 Å². The van der Waals surface area contributed by atoms with Crippen molar-refractivity contribution >= 4 is 44.8 Å². The Labute approximate surface area is 133 Å². The molecule has 0 saturated carbocycles. The maximum absolute atomic E-state index is 10.7. The minimum atomic E-state index is -0.904. The molecule has 20 heavy (non-hydrogen) atoms. The number of aromatic nitrogens is 1. The Morgan fingerprint density at radius 2 is 2.30 bits per heavy atom. The molecule has 0 aliphatic carbocycles. The highest BCUT2D eigenvalue weighted by atomic mass is 79.9. The van der Waals surface area contributed by atoms with Gasteiger partial charge in [0.25, 0.3) is 0 Å². The van der Waals surface area contributed by atoms with Crippen LogP contribution in [0.3, 0.4) is 0 Å². The second kappa shape index (κ2) is 6.56. The van der Waals surface area contributed by atoms with Crippen LogP contribution >= 0.6 is 38.9 Å². The van der Waals surface area contributed by atoms with Crippen molar-refractivity contribution in [3.63, 3.8) is 0 Å². The van der Waals surface area contributed by atoms with Gasteiger partial charge in [-0.2, -0.15) is 0 Å². The molecule has 1 aromatic carbocycles. The Morgan fingerprint density at radius 3 is 2.95 bits per heavy atom. The summed E-state index contributed by atoms with van der Waals surface area (Å²) in [6.07, 6.45) is -0.0950. The standard InChI is InChI=1S/C13H11BrClNO3S/c1-2-19-12-9(3-7(15)4-10(12)14)13-16-8(6-20-13)5-11(17)18/h3-4,6H,2,5H2,1H3,(H,17,18). The van der Waals surface area contributed by atoms with Gasteiger partial charge in [0, 0.05) is 10.4 Å². The number of carbonyl (C=O) groups is 1. The highest BCUT2D eigenvalue weighted by Crippen LogP contribution is 2.40. The number of hydrogen-bond acceptors (Lipinski definition) is 4. The highest BCUT2D eigenvalue weighted by Gasteiger charge is 2.16. The van der Waals surface area contributed by atoms with E-state index in [0.717, 1.165) is 10.0 Å². The number of hydrogen-bond donors (Lipinski definition) is 1. The first-order valence-electron chi connectivity index (χ1n) is 5.79. The van der Waals surface area contributed by atoms with Gasteiger partial charge in [0.1, 0.15) is 10.8 Å². The van der Waals surface area contributed by atoms with Crippen molar-refractivity contribution in [1.29, 1.82) is 0 Å². The number of carboxylic acid groups (broad SMARTS) is 1. The van der Waals surface area contributed by atoms with E-state index in [0.29, 0.717) is 28.1 Å². The quantitative estimate of drug-likeness (QED) is 0.847. The average molecular weight is 377 g/mol. The largest absolute Gasteiger partial charge is 0.492 e. The van der Waals surface area contributed by atoms with Crippen molar-refractivity contribution in [1.82, 2.24) is 4.98 Å². The minimum Gasteiger partial charge on any atom is -0.492 e. The van der Waals surface area contributed by atoms with Crippen molar-refractivity contribution in [3.8, 4) is 16.3 Å². The third-order valence-corrected chi connectivity index (χ3v) is 4.14. The minimum absolute atomic E-state index is 0.0950. The molecule has 7 heteroatoms. The number of nitrogens with zero attached hydrogens (tertiary/aromatic N) is 1. The summed E-state index contributed by atoms with van der Waals surface area (Å²) in [6, 6.07) is 3.52. The highest BCUT2D eigenvalue weighted by molar-refractivity contribution is 9.10.